The van der Waals surface area contributed by atoms with Crippen LogP contribution in [0.3, 0.4) is 0 Å². The van der Waals surface area contributed by atoms with Gasteiger partial charge in [0.25, 0.3) is 0 Å². The minimum atomic E-state index is -0.344. The van der Waals surface area contributed by atoms with Gasteiger partial charge in [-0.3, -0.25) is 0 Å². The van der Waals surface area contributed by atoms with E-state index >= 15 is 0 Å². The molecule has 0 aliphatic heterocycles. The average Bonchev–Trinajstić information content (AvgIpc) is 2.38. The lowest BCUT2D eigenvalue weighted by Gasteiger charge is -1.94. The van der Waals surface area contributed by atoms with Gasteiger partial charge in [0, 0.05) is 5.38 Å². The molecule has 0 saturated heterocycles. The zero-order chi connectivity index (χ0) is 7.40. The van der Waals surface area contributed by atoms with Crippen molar-refractivity contribution in [2.24, 2.45) is 0 Å². The maximum Gasteiger partial charge on any atom is 0.358 e. The van der Waals surface area contributed by atoms with Crippen LogP contribution in [-0.2, 0) is 4.74 Å². The molecule has 3 nitrogen and oxygen atoms in total. The zero-order valence-electron chi connectivity index (χ0n) is 5.53. The molecule has 1 heterocycles. The molecule has 0 unspecified atom stereocenters. The van der Waals surface area contributed by atoms with Gasteiger partial charge >= 0.3 is 5.97 Å². The van der Waals surface area contributed by atoms with Crippen LogP contribution >= 0.6 is 11.5 Å². The van der Waals surface area contributed by atoms with Crippen LogP contribution in [0.25, 0.3) is 0 Å². The molecule has 54 valence electrons. The summed E-state index contributed by atoms with van der Waals surface area (Å²) in [7, 11) is 0. The van der Waals surface area contributed by atoms with Crippen LogP contribution in [0.15, 0.2) is 11.4 Å². The van der Waals surface area contributed by atoms with Gasteiger partial charge in [0.2, 0.25) is 0 Å². The maximum absolute atomic E-state index is 10.8. The zero-order valence-corrected chi connectivity index (χ0v) is 6.35. The van der Waals surface area contributed by atoms with Crippen molar-refractivity contribution in [3.63, 3.8) is 0 Å². The van der Waals surface area contributed by atoms with Gasteiger partial charge in [-0.15, -0.1) is 0 Å². The first-order valence-corrected chi connectivity index (χ1v) is 3.75. The summed E-state index contributed by atoms with van der Waals surface area (Å²) in [6.45, 7) is 2.17. The van der Waals surface area contributed by atoms with Crippen LogP contribution in [0.4, 0.5) is 0 Å². The van der Waals surface area contributed by atoms with E-state index in [-0.39, 0.29) is 5.97 Å². The third-order valence-electron chi connectivity index (χ3n) is 0.922. The highest BCUT2D eigenvalue weighted by Crippen LogP contribution is 2.00. The minimum absolute atomic E-state index is 0.344. The molecule has 1 rings (SSSR count). The summed E-state index contributed by atoms with van der Waals surface area (Å²) in [6.07, 6.45) is 0. The molecular weight excluding hydrogens is 150 g/mol. The van der Waals surface area contributed by atoms with E-state index in [1.54, 1.807) is 18.4 Å². The number of nitrogens with zero attached hydrogens (tertiary/aromatic N) is 1. The third-order valence-corrected chi connectivity index (χ3v) is 1.48. The summed E-state index contributed by atoms with van der Waals surface area (Å²) in [5, 5.41) is 1.74. The van der Waals surface area contributed by atoms with E-state index in [0.717, 1.165) is 0 Å². The van der Waals surface area contributed by atoms with Crippen molar-refractivity contribution in [3.8, 4) is 0 Å². The molecule has 0 N–H and O–H groups in total. The molecule has 0 saturated carbocycles. The molecule has 0 fully saturated rings. The van der Waals surface area contributed by atoms with Crippen LogP contribution in [0.5, 0.6) is 0 Å². The van der Waals surface area contributed by atoms with Crippen molar-refractivity contribution in [2.75, 3.05) is 6.61 Å². The predicted molar refractivity (Wildman–Crippen MR) is 38.1 cm³/mol. The average molecular weight is 157 g/mol. The molecule has 0 aromatic carbocycles. The van der Waals surface area contributed by atoms with E-state index in [4.69, 9.17) is 4.74 Å². The minimum Gasteiger partial charge on any atom is -0.461 e. The van der Waals surface area contributed by atoms with Gasteiger partial charge in [-0.25, -0.2) is 4.79 Å². The Kier molecular flexibility index (Phi) is 2.39. The lowest BCUT2D eigenvalue weighted by molar-refractivity contribution is 0.0521. The summed E-state index contributed by atoms with van der Waals surface area (Å²) >= 11 is 1.24. The van der Waals surface area contributed by atoms with Gasteiger partial charge in [-0.05, 0) is 24.5 Å². The van der Waals surface area contributed by atoms with Crippen LogP contribution in [0, 0.1) is 0 Å². The van der Waals surface area contributed by atoms with Gasteiger partial charge in [0.15, 0.2) is 5.69 Å². The molecule has 0 aliphatic carbocycles. The third kappa shape index (κ3) is 1.54. The summed E-state index contributed by atoms with van der Waals surface area (Å²) in [4.78, 5) is 10.8. The Morgan fingerprint density at radius 3 is 3.20 bits per heavy atom. The number of carbonyl (C=O) groups is 1. The number of aromatic nitrogens is 1. The first-order chi connectivity index (χ1) is 4.84. The Morgan fingerprint density at radius 1 is 1.90 bits per heavy atom. The summed E-state index contributed by atoms with van der Waals surface area (Å²) in [5.74, 6) is -0.344. The molecule has 0 radical (unpaired) electrons. The topological polar surface area (TPSA) is 39.2 Å². The van der Waals surface area contributed by atoms with Crippen LogP contribution < -0.4 is 0 Å². The summed E-state index contributed by atoms with van der Waals surface area (Å²) in [5.41, 5.74) is 0.395. The molecule has 4 heteroatoms. The molecular formula is C6H7NO2S. The van der Waals surface area contributed by atoms with Gasteiger partial charge in [0.05, 0.1) is 6.61 Å². The SMILES string of the molecule is CCOC(=O)c1ccsn1. The fourth-order valence-electron chi connectivity index (χ4n) is 0.523. The van der Waals surface area contributed by atoms with Crippen LogP contribution in [0.2, 0.25) is 0 Å². The van der Waals surface area contributed by atoms with E-state index in [0.29, 0.717) is 12.3 Å². The van der Waals surface area contributed by atoms with Crippen molar-refractivity contribution >= 4 is 17.5 Å². The second-order valence-corrected chi connectivity index (χ2v) is 2.27. The molecule has 0 aliphatic rings. The number of hydrogen-bond acceptors (Lipinski definition) is 4. The number of rotatable bonds is 2. The van der Waals surface area contributed by atoms with Gasteiger partial charge in [-0.1, -0.05) is 0 Å². The van der Waals surface area contributed by atoms with Crippen molar-refractivity contribution in [2.45, 2.75) is 6.92 Å². The van der Waals surface area contributed by atoms with Gasteiger partial charge in [0.1, 0.15) is 0 Å². The molecule has 0 bridgehead atoms. The number of esters is 1. The monoisotopic (exact) mass is 157 g/mol. The Morgan fingerprint density at radius 2 is 2.70 bits per heavy atom. The Hall–Kier alpha value is -0.900. The first kappa shape index (κ1) is 7.21. The normalized spacial score (nSPS) is 9.30. The van der Waals surface area contributed by atoms with Crippen molar-refractivity contribution in [1.82, 2.24) is 4.37 Å². The Labute approximate surface area is 62.8 Å². The quantitative estimate of drug-likeness (QED) is 0.608. The van der Waals surface area contributed by atoms with Crippen molar-refractivity contribution < 1.29 is 9.53 Å². The fraction of sp³-hybridized carbons (Fsp3) is 0.333. The Balaban J connectivity index is 2.59. The standard InChI is InChI=1S/C6H7NO2S/c1-2-9-6(8)5-3-4-10-7-5/h3-4H,2H2,1H3. The van der Waals surface area contributed by atoms with Crippen molar-refractivity contribution in [3.05, 3.63) is 17.1 Å². The molecule has 10 heavy (non-hydrogen) atoms. The van der Waals surface area contributed by atoms with E-state index in [9.17, 15) is 4.79 Å². The molecule has 0 amide bonds. The number of carbonyl (C=O) groups excluding carboxylic acids is 1. The molecule has 1 aromatic rings. The summed E-state index contributed by atoms with van der Waals surface area (Å²) in [6, 6.07) is 1.64. The highest BCUT2D eigenvalue weighted by atomic mass is 32.1. The van der Waals surface area contributed by atoms with E-state index in [1.807, 2.05) is 0 Å². The van der Waals surface area contributed by atoms with E-state index in [1.165, 1.54) is 11.5 Å². The Bertz CT molecular complexity index is 208. The van der Waals surface area contributed by atoms with E-state index < -0.39 is 0 Å². The van der Waals surface area contributed by atoms with Crippen LogP contribution in [-0.4, -0.2) is 16.9 Å². The lowest BCUT2D eigenvalue weighted by atomic mass is 10.4. The lowest BCUT2D eigenvalue weighted by Crippen LogP contribution is -2.03. The second-order valence-electron chi connectivity index (χ2n) is 1.61. The molecule has 0 spiro atoms. The van der Waals surface area contributed by atoms with Crippen molar-refractivity contribution in [1.29, 1.82) is 0 Å². The summed E-state index contributed by atoms with van der Waals surface area (Å²) < 4.78 is 8.49. The highest BCUT2D eigenvalue weighted by Gasteiger charge is 2.06. The number of ether oxygens (including phenoxy) is 1. The first-order valence-electron chi connectivity index (χ1n) is 2.92. The molecule has 0 atom stereocenters. The smallest absolute Gasteiger partial charge is 0.358 e. The van der Waals surface area contributed by atoms with Gasteiger partial charge in [-0.2, -0.15) is 4.37 Å². The van der Waals surface area contributed by atoms with Gasteiger partial charge < -0.3 is 4.74 Å². The van der Waals surface area contributed by atoms with E-state index in [2.05, 4.69) is 4.37 Å². The molecule has 1 aromatic heterocycles. The number of hydrogen-bond donors (Lipinski definition) is 0. The predicted octanol–water partition coefficient (Wildman–Crippen LogP) is 1.32. The second kappa shape index (κ2) is 3.31. The largest absolute Gasteiger partial charge is 0.461 e. The fourth-order valence-corrected chi connectivity index (χ4v) is 1.02. The highest BCUT2D eigenvalue weighted by molar-refractivity contribution is 7.03. The van der Waals surface area contributed by atoms with Crippen LogP contribution in [0.1, 0.15) is 17.4 Å². The maximum atomic E-state index is 10.8.